The van der Waals surface area contributed by atoms with Gasteiger partial charge in [-0.1, -0.05) is 13.3 Å². The van der Waals surface area contributed by atoms with Gasteiger partial charge in [0.25, 0.3) is 0 Å². The Labute approximate surface area is 125 Å². The molecule has 1 unspecified atom stereocenters. The fourth-order valence-electron chi connectivity index (χ4n) is 3.85. The molecular formula is C17H35N3. The molecule has 1 saturated carbocycles. The van der Waals surface area contributed by atoms with E-state index in [1.54, 1.807) is 0 Å². The zero-order valence-corrected chi connectivity index (χ0v) is 13.9. The van der Waals surface area contributed by atoms with E-state index in [9.17, 15) is 0 Å². The molecule has 1 saturated heterocycles. The van der Waals surface area contributed by atoms with Crippen LogP contribution >= 0.6 is 0 Å². The van der Waals surface area contributed by atoms with E-state index in [1.807, 2.05) is 0 Å². The highest BCUT2D eigenvalue weighted by Gasteiger charge is 2.43. The third-order valence-corrected chi connectivity index (χ3v) is 5.41. The van der Waals surface area contributed by atoms with Gasteiger partial charge in [0.15, 0.2) is 0 Å². The van der Waals surface area contributed by atoms with Crippen LogP contribution in [0.1, 0.15) is 65.7 Å². The Hall–Kier alpha value is -0.120. The van der Waals surface area contributed by atoms with Crippen molar-refractivity contribution in [2.45, 2.75) is 83.3 Å². The Morgan fingerprint density at radius 1 is 1.25 bits per heavy atom. The lowest BCUT2D eigenvalue weighted by Crippen LogP contribution is -2.55. The molecule has 0 bridgehead atoms. The zero-order chi connectivity index (χ0) is 14.6. The Morgan fingerprint density at radius 2 is 2.00 bits per heavy atom. The minimum absolute atomic E-state index is 0.292. The fourth-order valence-corrected chi connectivity index (χ4v) is 3.85. The number of nitrogens with zero attached hydrogens (tertiary/aromatic N) is 2. The molecule has 2 rings (SSSR count). The summed E-state index contributed by atoms with van der Waals surface area (Å²) < 4.78 is 0. The minimum Gasteiger partial charge on any atom is -0.329 e. The number of rotatable bonds is 7. The minimum atomic E-state index is 0.292. The Balaban J connectivity index is 2.06. The predicted octanol–water partition coefficient (Wildman–Crippen LogP) is 2.84. The average Bonchev–Trinajstić information content (AvgIpc) is 3.25. The molecule has 2 N–H and O–H groups in total. The van der Waals surface area contributed by atoms with Gasteiger partial charge < -0.3 is 10.6 Å². The summed E-state index contributed by atoms with van der Waals surface area (Å²) in [5.41, 5.74) is 6.60. The monoisotopic (exact) mass is 281 g/mol. The molecule has 0 amide bonds. The van der Waals surface area contributed by atoms with E-state index in [-0.39, 0.29) is 0 Å². The largest absolute Gasteiger partial charge is 0.329 e. The van der Waals surface area contributed by atoms with E-state index in [0.29, 0.717) is 11.6 Å². The quantitative estimate of drug-likeness (QED) is 0.779. The van der Waals surface area contributed by atoms with Crippen molar-refractivity contribution in [1.29, 1.82) is 0 Å². The molecule has 0 aromatic heterocycles. The van der Waals surface area contributed by atoms with Crippen LogP contribution in [0.25, 0.3) is 0 Å². The molecule has 20 heavy (non-hydrogen) atoms. The van der Waals surface area contributed by atoms with Gasteiger partial charge in [-0.25, -0.2) is 0 Å². The van der Waals surface area contributed by atoms with Crippen molar-refractivity contribution in [3.8, 4) is 0 Å². The van der Waals surface area contributed by atoms with Crippen molar-refractivity contribution in [2.75, 3.05) is 26.2 Å². The predicted molar refractivity (Wildman–Crippen MR) is 87.0 cm³/mol. The topological polar surface area (TPSA) is 32.5 Å². The summed E-state index contributed by atoms with van der Waals surface area (Å²) in [5, 5.41) is 0. The molecule has 2 aliphatic rings. The summed E-state index contributed by atoms with van der Waals surface area (Å²) in [7, 11) is 0. The fraction of sp³-hybridized carbons (Fsp3) is 1.00. The van der Waals surface area contributed by atoms with Crippen molar-refractivity contribution in [3.05, 3.63) is 0 Å². The van der Waals surface area contributed by atoms with Gasteiger partial charge in [-0.15, -0.1) is 0 Å². The molecular weight excluding hydrogens is 246 g/mol. The number of unbranched alkanes of at least 4 members (excludes halogenated alkanes) is 1. The normalized spacial score (nSPS) is 29.1. The molecule has 1 aliphatic heterocycles. The highest BCUT2D eigenvalue weighted by Crippen LogP contribution is 2.38. The number of nitrogens with two attached hydrogens (primary N) is 1. The van der Waals surface area contributed by atoms with E-state index in [4.69, 9.17) is 5.73 Å². The SMILES string of the molecule is CCCCN(C1CC1)C1(CN)CCCN(C(C)C)CC1. The van der Waals surface area contributed by atoms with Crippen molar-refractivity contribution < 1.29 is 0 Å². The van der Waals surface area contributed by atoms with Crippen LogP contribution in [0.5, 0.6) is 0 Å². The molecule has 0 radical (unpaired) electrons. The second kappa shape index (κ2) is 7.24. The van der Waals surface area contributed by atoms with Gasteiger partial charge in [-0.2, -0.15) is 0 Å². The molecule has 0 spiro atoms. The molecule has 2 fully saturated rings. The summed E-state index contributed by atoms with van der Waals surface area (Å²) in [4.78, 5) is 5.46. The molecule has 118 valence electrons. The van der Waals surface area contributed by atoms with Crippen LogP contribution < -0.4 is 5.73 Å². The van der Waals surface area contributed by atoms with Crippen LogP contribution in [-0.2, 0) is 0 Å². The zero-order valence-electron chi connectivity index (χ0n) is 13.9. The highest BCUT2D eigenvalue weighted by molar-refractivity contribution is 5.01. The van der Waals surface area contributed by atoms with Gasteiger partial charge in [-0.3, -0.25) is 4.90 Å². The third-order valence-electron chi connectivity index (χ3n) is 5.41. The van der Waals surface area contributed by atoms with Gasteiger partial charge in [0.2, 0.25) is 0 Å². The summed E-state index contributed by atoms with van der Waals surface area (Å²) in [6.07, 6.45) is 9.30. The van der Waals surface area contributed by atoms with Gasteiger partial charge in [0, 0.05) is 30.7 Å². The van der Waals surface area contributed by atoms with Crippen LogP contribution in [0, 0.1) is 0 Å². The maximum Gasteiger partial charge on any atom is 0.0347 e. The van der Waals surface area contributed by atoms with Crippen molar-refractivity contribution in [2.24, 2.45) is 5.73 Å². The van der Waals surface area contributed by atoms with E-state index >= 15 is 0 Å². The lowest BCUT2D eigenvalue weighted by Gasteiger charge is -2.44. The van der Waals surface area contributed by atoms with Crippen LogP contribution in [0.4, 0.5) is 0 Å². The Bertz CT molecular complexity index is 288. The lowest BCUT2D eigenvalue weighted by atomic mass is 9.87. The van der Waals surface area contributed by atoms with E-state index in [2.05, 4.69) is 30.6 Å². The van der Waals surface area contributed by atoms with Gasteiger partial charge in [-0.05, 0) is 65.5 Å². The van der Waals surface area contributed by atoms with Crippen LogP contribution in [0.3, 0.4) is 0 Å². The molecule has 3 nitrogen and oxygen atoms in total. The number of hydrogen-bond acceptors (Lipinski definition) is 3. The van der Waals surface area contributed by atoms with Crippen molar-refractivity contribution >= 4 is 0 Å². The first-order chi connectivity index (χ1) is 9.63. The van der Waals surface area contributed by atoms with E-state index < -0.39 is 0 Å². The van der Waals surface area contributed by atoms with Gasteiger partial charge in [0.05, 0.1) is 0 Å². The molecule has 0 aromatic rings. The first-order valence-electron chi connectivity index (χ1n) is 8.84. The average molecular weight is 281 g/mol. The lowest BCUT2D eigenvalue weighted by molar-refractivity contribution is 0.0665. The Kier molecular flexibility index (Phi) is 5.88. The van der Waals surface area contributed by atoms with Gasteiger partial charge in [0.1, 0.15) is 0 Å². The number of likely N-dealkylation sites (tertiary alicyclic amines) is 1. The Morgan fingerprint density at radius 3 is 2.55 bits per heavy atom. The van der Waals surface area contributed by atoms with Gasteiger partial charge >= 0.3 is 0 Å². The maximum absolute atomic E-state index is 6.31. The van der Waals surface area contributed by atoms with E-state index in [0.717, 1.165) is 12.6 Å². The molecule has 1 aliphatic carbocycles. The summed E-state index contributed by atoms with van der Waals surface area (Å²) in [6.45, 7) is 11.5. The molecule has 1 atom stereocenters. The smallest absolute Gasteiger partial charge is 0.0347 e. The standard InChI is InChI=1S/C17H35N3/c1-4-5-12-20(16-7-8-16)17(14-18)9-6-11-19(13-10-17)15(2)3/h15-16H,4-14,18H2,1-3H3. The van der Waals surface area contributed by atoms with Crippen LogP contribution in [0.15, 0.2) is 0 Å². The van der Waals surface area contributed by atoms with E-state index in [1.165, 1.54) is 64.6 Å². The maximum atomic E-state index is 6.31. The van der Waals surface area contributed by atoms with Crippen molar-refractivity contribution in [3.63, 3.8) is 0 Å². The van der Waals surface area contributed by atoms with Crippen LogP contribution in [-0.4, -0.2) is 53.6 Å². The number of hydrogen-bond donors (Lipinski definition) is 1. The van der Waals surface area contributed by atoms with Crippen molar-refractivity contribution in [1.82, 2.24) is 9.80 Å². The second-order valence-electron chi connectivity index (χ2n) is 7.19. The highest BCUT2D eigenvalue weighted by atomic mass is 15.3. The summed E-state index contributed by atoms with van der Waals surface area (Å²) in [5.74, 6) is 0. The third kappa shape index (κ3) is 3.75. The molecule has 0 aromatic carbocycles. The molecule has 1 heterocycles. The second-order valence-corrected chi connectivity index (χ2v) is 7.19. The summed E-state index contributed by atoms with van der Waals surface area (Å²) in [6, 6.07) is 1.52. The molecule has 3 heteroatoms. The van der Waals surface area contributed by atoms with Crippen LogP contribution in [0.2, 0.25) is 0 Å². The summed E-state index contributed by atoms with van der Waals surface area (Å²) >= 11 is 0. The first kappa shape index (κ1) is 16.3. The first-order valence-corrected chi connectivity index (χ1v) is 8.84.